The second-order valence-electron chi connectivity index (χ2n) is 6.48. The third-order valence-corrected chi connectivity index (χ3v) is 5.35. The number of aliphatic hydroxyl groups is 1. The summed E-state index contributed by atoms with van der Waals surface area (Å²) in [5.74, 6) is -1.99. The molecule has 0 radical (unpaired) electrons. The van der Waals surface area contributed by atoms with Crippen LogP contribution in [0.5, 0.6) is 0 Å². The minimum Gasteiger partial charge on any atom is -0.374 e. The summed E-state index contributed by atoms with van der Waals surface area (Å²) in [5, 5.41) is 14.3. The minimum absolute atomic E-state index is 0.313. The van der Waals surface area contributed by atoms with Crippen molar-refractivity contribution in [1.29, 1.82) is 0 Å². The Hall–Kier alpha value is -2.76. The Labute approximate surface area is 165 Å². The number of benzene rings is 3. The van der Waals surface area contributed by atoms with Crippen molar-refractivity contribution in [3.63, 3.8) is 0 Å². The summed E-state index contributed by atoms with van der Waals surface area (Å²) < 4.78 is 0.718. The van der Waals surface area contributed by atoms with Gasteiger partial charge in [0.25, 0.3) is 5.91 Å². The van der Waals surface area contributed by atoms with Gasteiger partial charge in [0.15, 0.2) is 11.4 Å². The number of fused-ring (bicyclic) bond motifs is 1. The molecule has 0 aliphatic carbocycles. The molecule has 0 bridgehead atoms. The standard InChI is InChI=1S/C22H16BrNO3/c23-16-11-12-18-17(13-16)22(27,21(26)24-18)19(14-7-3-1-4-8-14)20(25)15-9-5-2-6-10-15/h1-13,19,27H,(H,24,26)/t19-,22+/m1/s1. The predicted octanol–water partition coefficient (Wildman–Crippen LogP) is 4.26. The maximum absolute atomic E-state index is 13.4. The zero-order valence-corrected chi connectivity index (χ0v) is 15.8. The van der Waals surface area contributed by atoms with E-state index in [2.05, 4.69) is 21.2 Å². The van der Waals surface area contributed by atoms with Crippen LogP contribution in [0.3, 0.4) is 0 Å². The van der Waals surface area contributed by atoms with Crippen molar-refractivity contribution < 1.29 is 14.7 Å². The highest BCUT2D eigenvalue weighted by molar-refractivity contribution is 9.10. The molecule has 2 N–H and O–H groups in total. The minimum atomic E-state index is -2.01. The molecule has 0 saturated carbocycles. The van der Waals surface area contributed by atoms with E-state index >= 15 is 0 Å². The molecule has 0 saturated heterocycles. The molecule has 3 aromatic carbocycles. The first-order chi connectivity index (χ1) is 13.0. The number of carbonyl (C=O) groups excluding carboxylic acids is 2. The third kappa shape index (κ3) is 2.89. The van der Waals surface area contributed by atoms with E-state index in [1.54, 1.807) is 66.7 Å². The fourth-order valence-electron chi connectivity index (χ4n) is 3.56. The lowest BCUT2D eigenvalue weighted by molar-refractivity contribution is -0.135. The number of amides is 1. The summed E-state index contributed by atoms with van der Waals surface area (Å²) in [4.78, 5) is 26.3. The topological polar surface area (TPSA) is 66.4 Å². The number of anilines is 1. The van der Waals surface area contributed by atoms with Crippen molar-refractivity contribution in [3.8, 4) is 0 Å². The van der Waals surface area contributed by atoms with E-state index in [4.69, 9.17) is 0 Å². The summed E-state index contributed by atoms with van der Waals surface area (Å²) in [6.45, 7) is 0. The van der Waals surface area contributed by atoms with E-state index in [0.29, 0.717) is 22.4 Å². The fourth-order valence-corrected chi connectivity index (χ4v) is 3.93. The maximum atomic E-state index is 13.4. The van der Waals surface area contributed by atoms with Gasteiger partial charge in [0, 0.05) is 21.3 Å². The molecule has 1 aliphatic rings. The van der Waals surface area contributed by atoms with Crippen LogP contribution < -0.4 is 5.32 Å². The van der Waals surface area contributed by atoms with Gasteiger partial charge in [0.1, 0.15) is 0 Å². The Kier molecular flexibility index (Phi) is 4.42. The van der Waals surface area contributed by atoms with E-state index in [9.17, 15) is 14.7 Å². The normalized spacial score (nSPS) is 19.3. The Balaban J connectivity index is 1.93. The van der Waals surface area contributed by atoms with Crippen molar-refractivity contribution in [2.75, 3.05) is 5.32 Å². The predicted molar refractivity (Wildman–Crippen MR) is 107 cm³/mol. The molecule has 3 aromatic rings. The SMILES string of the molecule is O=C(c1ccccc1)[C@@H](c1ccccc1)[C@]1(O)C(=O)Nc2ccc(Br)cc21. The Bertz CT molecular complexity index is 1020. The van der Waals surface area contributed by atoms with E-state index in [1.165, 1.54) is 0 Å². The van der Waals surface area contributed by atoms with Gasteiger partial charge < -0.3 is 10.4 Å². The molecule has 27 heavy (non-hydrogen) atoms. The monoisotopic (exact) mass is 421 g/mol. The second-order valence-corrected chi connectivity index (χ2v) is 7.40. The average molecular weight is 422 g/mol. The summed E-state index contributed by atoms with van der Waals surface area (Å²) in [5.41, 5.74) is -0.0896. The molecule has 0 spiro atoms. The van der Waals surface area contributed by atoms with Gasteiger partial charge in [-0.2, -0.15) is 0 Å². The first kappa shape index (κ1) is 17.6. The van der Waals surface area contributed by atoms with Crippen molar-refractivity contribution >= 4 is 33.3 Å². The molecule has 0 fully saturated rings. The highest BCUT2D eigenvalue weighted by Gasteiger charge is 2.54. The average Bonchev–Trinajstić information content (AvgIpc) is 2.94. The van der Waals surface area contributed by atoms with Crippen molar-refractivity contribution in [1.82, 2.24) is 0 Å². The number of halogens is 1. The van der Waals surface area contributed by atoms with E-state index in [0.717, 1.165) is 4.47 Å². The van der Waals surface area contributed by atoms with Crippen molar-refractivity contribution in [2.24, 2.45) is 0 Å². The molecule has 0 unspecified atom stereocenters. The Morgan fingerprint density at radius 3 is 2.26 bits per heavy atom. The van der Waals surface area contributed by atoms with Crippen LogP contribution in [0.1, 0.15) is 27.4 Å². The van der Waals surface area contributed by atoms with Gasteiger partial charge in [-0.1, -0.05) is 76.6 Å². The number of carbonyl (C=O) groups is 2. The van der Waals surface area contributed by atoms with Crippen LogP contribution in [0.4, 0.5) is 5.69 Å². The van der Waals surface area contributed by atoms with Gasteiger partial charge in [0.05, 0.1) is 5.92 Å². The van der Waals surface area contributed by atoms with Gasteiger partial charge in [-0.25, -0.2) is 0 Å². The van der Waals surface area contributed by atoms with Crippen LogP contribution in [0.2, 0.25) is 0 Å². The lowest BCUT2D eigenvalue weighted by Gasteiger charge is -2.30. The zero-order chi connectivity index (χ0) is 19.0. The number of nitrogens with one attached hydrogen (secondary N) is 1. The van der Waals surface area contributed by atoms with Gasteiger partial charge in [-0.3, -0.25) is 9.59 Å². The third-order valence-electron chi connectivity index (χ3n) is 4.86. The molecule has 2 atom stereocenters. The number of hydrogen-bond donors (Lipinski definition) is 2. The van der Waals surface area contributed by atoms with Gasteiger partial charge in [-0.15, -0.1) is 0 Å². The molecule has 5 heteroatoms. The lowest BCUT2D eigenvalue weighted by Crippen LogP contribution is -2.44. The van der Waals surface area contributed by atoms with Crippen molar-refractivity contribution in [3.05, 3.63) is 100 Å². The largest absolute Gasteiger partial charge is 0.374 e. The highest BCUT2D eigenvalue weighted by atomic mass is 79.9. The van der Waals surface area contributed by atoms with Crippen LogP contribution in [-0.2, 0) is 10.4 Å². The molecule has 134 valence electrons. The number of hydrogen-bond acceptors (Lipinski definition) is 3. The number of ketones is 1. The van der Waals surface area contributed by atoms with Crippen molar-refractivity contribution in [2.45, 2.75) is 11.5 Å². The van der Waals surface area contributed by atoms with Crippen LogP contribution in [0, 0.1) is 0 Å². The molecule has 1 amide bonds. The molecule has 0 aromatic heterocycles. The summed E-state index contributed by atoms with van der Waals surface area (Å²) in [6.07, 6.45) is 0. The summed E-state index contributed by atoms with van der Waals surface area (Å²) >= 11 is 3.39. The first-order valence-electron chi connectivity index (χ1n) is 8.50. The zero-order valence-electron chi connectivity index (χ0n) is 14.2. The molecule has 1 aliphatic heterocycles. The van der Waals surface area contributed by atoms with E-state index in [-0.39, 0.29) is 5.78 Å². The quantitative estimate of drug-likeness (QED) is 0.618. The Morgan fingerprint density at radius 1 is 0.963 bits per heavy atom. The highest BCUT2D eigenvalue weighted by Crippen LogP contribution is 2.47. The summed E-state index contributed by atoms with van der Waals surface area (Å²) in [7, 11) is 0. The molecule has 4 nitrogen and oxygen atoms in total. The fraction of sp³-hybridized carbons (Fsp3) is 0.0909. The smallest absolute Gasteiger partial charge is 0.262 e. The first-order valence-corrected chi connectivity index (χ1v) is 9.29. The Morgan fingerprint density at radius 2 is 1.59 bits per heavy atom. The van der Waals surface area contributed by atoms with Gasteiger partial charge in [-0.05, 0) is 23.8 Å². The number of Topliss-reactive ketones (excluding diaryl/α,β-unsaturated/α-hetero) is 1. The van der Waals surface area contributed by atoms with Crippen LogP contribution >= 0.6 is 15.9 Å². The summed E-state index contributed by atoms with van der Waals surface area (Å²) in [6, 6.07) is 22.8. The molecular weight excluding hydrogens is 406 g/mol. The van der Waals surface area contributed by atoms with Crippen LogP contribution in [0.15, 0.2) is 83.3 Å². The van der Waals surface area contributed by atoms with Gasteiger partial charge in [0.2, 0.25) is 0 Å². The molecular formula is C22H16BrNO3. The van der Waals surface area contributed by atoms with Crippen LogP contribution in [-0.4, -0.2) is 16.8 Å². The maximum Gasteiger partial charge on any atom is 0.262 e. The van der Waals surface area contributed by atoms with E-state index < -0.39 is 17.4 Å². The molecule has 4 rings (SSSR count). The number of rotatable bonds is 4. The van der Waals surface area contributed by atoms with Gasteiger partial charge >= 0.3 is 0 Å². The van der Waals surface area contributed by atoms with Crippen LogP contribution in [0.25, 0.3) is 0 Å². The van der Waals surface area contributed by atoms with E-state index in [1.807, 2.05) is 12.1 Å². The second kappa shape index (κ2) is 6.76. The molecule has 1 heterocycles. The lowest BCUT2D eigenvalue weighted by atomic mass is 9.74.